The van der Waals surface area contributed by atoms with Crippen LogP contribution in [0, 0.1) is 0 Å². The molecule has 4 aromatic rings. The number of aromatic nitrogens is 4. The highest BCUT2D eigenvalue weighted by molar-refractivity contribution is 5.94. The van der Waals surface area contributed by atoms with Crippen LogP contribution in [-0.4, -0.2) is 37.7 Å². The number of nitrogens with one attached hydrogen (secondary N) is 2. The van der Waals surface area contributed by atoms with Crippen molar-refractivity contribution in [2.45, 2.75) is 13.0 Å². The molecule has 0 spiro atoms. The maximum Gasteiger partial charge on any atom is 0.254 e. The Labute approximate surface area is 184 Å². The van der Waals surface area contributed by atoms with Gasteiger partial charge in [0.15, 0.2) is 11.6 Å². The van der Waals surface area contributed by atoms with Gasteiger partial charge in [0.1, 0.15) is 0 Å². The van der Waals surface area contributed by atoms with E-state index in [9.17, 15) is 4.79 Å². The van der Waals surface area contributed by atoms with E-state index in [1.54, 1.807) is 6.20 Å². The summed E-state index contributed by atoms with van der Waals surface area (Å²) >= 11 is 0. The van der Waals surface area contributed by atoms with Gasteiger partial charge in [0.25, 0.3) is 5.91 Å². The number of hydrogen-bond acceptors (Lipinski definition) is 9. The number of carbonyl (C=O) groups excluding carboxylic acids is 1. The van der Waals surface area contributed by atoms with Crippen molar-refractivity contribution in [2.75, 3.05) is 17.4 Å². The summed E-state index contributed by atoms with van der Waals surface area (Å²) in [4.78, 5) is 14.2. The molecule has 5 rings (SSSR count). The van der Waals surface area contributed by atoms with Crippen LogP contribution < -0.4 is 22.5 Å². The summed E-state index contributed by atoms with van der Waals surface area (Å²) < 4.78 is 0. The van der Waals surface area contributed by atoms with E-state index in [2.05, 4.69) is 31.2 Å². The molecule has 2 aromatic heterocycles. The topological polar surface area (TPSA) is 148 Å². The fourth-order valence-electron chi connectivity index (χ4n) is 3.47. The molecule has 1 amide bonds. The largest absolute Gasteiger partial charge is 0.334 e. The van der Waals surface area contributed by atoms with E-state index in [0.29, 0.717) is 36.7 Å². The van der Waals surface area contributed by atoms with Gasteiger partial charge in [-0.05, 0) is 23.8 Å². The van der Waals surface area contributed by atoms with E-state index in [-0.39, 0.29) is 5.91 Å². The normalized spacial score (nSPS) is 12.4. The highest BCUT2D eigenvalue weighted by Crippen LogP contribution is 2.20. The van der Waals surface area contributed by atoms with Crippen LogP contribution >= 0.6 is 0 Å². The summed E-state index contributed by atoms with van der Waals surface area (Å²) in [6.07, 6.45) is 2.42. The molecule has 0 radical (unpaired) electrons. The summed E-state index contributed by atoms with van der Waals surface area (Å²) in [5, 5.41) is 17.7. The van der Waals surface area contributed by atoms with Gasteiger partial charge in [-0.3, -0.25) is 4.79 Å². The van der Waals surface area contributed by atoms with Crippen molar-refractivity contribution >= 4 is 28.3 Å². The Hall–Kier alpha value is -4.15. The number of anilines is 2. The molecule has 0 atom stereocenters. The number of hydrogen-bond donors (Lipinski definition) is 4. The number of amides is 1. The fraction of sp³-hybridized carbons (Fsp3) is 0.136. The quantitative estimate of drug-likeness (QED) is 0.283. The molecule has 6 N–H and O–H groups in total. The monoisotopic (exact) mass is 429 g/mol. The van der Waals surface area contributed by atoms with Gasteiger partial charge < -0.3 is 15.8 Å². The van der Waals surface area contributed by atoms with Crippen molar-refractivity contribution in [3.63, 3.8) is 0 Å². The Bertz CT molecular complexity index is 1210. The standard InChI is InChI=1S/C14H15N5O.C8H8N4/c15-16-13-8-11-9-19(7-6-12(11)17-18-13)14(20)10-4-2-1-3-5-10;9-11-8-7-4-2-1-3-6(7)5-10-12-8/h1-5,8H,6-7,9,15H2,(H,16,18);1-5H,9H2,(H,11,12). The van der Waals surface area contributed by atoms with Crippen LogP contribution in [0.25, 0.3) is 10.8 Å². The number of nitrogens with zero attached hydrogens (tertiary/aromatic N) is 5. The van der Waals surface area contributed by atoms with Crippen molar-refractivity contribution in [2.24, 2.45) is 11.7 Å². The minimum Gasteiger partial charge on any atom is -0.334 e. The van der Waals surface area contributed by atoms with Crippen molar-refractivity contribution < 1.29 is 4.79 Å². The van der Waals surface area contributed by atoms with E-state index in [0.717, 1.165) is 22.0 Å². The van der Waals surface area contributed by atoms with Gasteiger partial charge in [0, 0.05) is 35.8 Å². The first kappa shape index (κ1) is 21.1. The minimum absolute atomic E-state index is 0.0373. The number of nitrogen functional groups attached to an aromatic ring is 2. The van der Waals surface area contributed by atoms with Crippen LogP contribution in [0.4, 0.5) is 11.6 Å². The van der Waals surface area contributed by atoms with Crippen LogP contribution in [0.1, 0.15) is 21.6 Å². The lowest BCUT2D eigenvalue weighted by Gasteiger charge is -2.28. The van der Waals surface area contributed by atoms with E-state index in [1.807, 2.05) is 65.6 Å². The van der Waals surface area contributed by atoms with Crippen molar-refractivity contribution in [1.29, 1.82) is 0 Å². The Morgan fingerprint density at radius 3 is 2.50 bits per heavy atom. The molecule has 1 aliphatic rings. The van der Waals surface area contributed by atoms with Crippen LogP contribution in [0.5, 0.6) is 0 Å². The number of hydrazine groups is 2. The Kier molecular flexibility index (Phi) is 6.44. The summed E-state index contributed by atoms with van der Waals surface area (Å²) in [7, 11) is 0. The lowest BCUT2D eigenvalue weighted by molar-refractivity contribution is 0.0733. The Balaban J connectivity index is 0.000000174. The highest BCUT2D eigenvalue weighted by atomic mass is 16.2. The third-order valence-electron chi connectivity index (χ3n) is 5.10. The predicted octanol–water partition coefficient (Wildman–Crippen LogP) is 1.88. The zero-order valence-electron chi connectivity index (χ0n) is 17.3. The van der Waals surface area contributed by atoms with E-state index >= 15 is 0 Å². The molecule has 10 heteroatoms. The molecule has 0 unspecified atom stereocenters. The molecule has 0 saturated heterocycles. The van der Waals surface area contributed by atoms with Gasteiger partial charge in [-0.1, -0.05) is 42.5 Å². The van der Waals surface area contributed by atoms with Crippen molar-refractivity contribution in [1.82, 2.24) is 25.3 Å². The van der Waals surface area contributed by atoms with Gasteiger partial charge in [-0.25, -0.2) is 11.7 Å². The average Bonchev–Trinajstić information content (AvgIpc) is 2.88. The highest BCUT2D eigenvalue weighted by Gasteiger charge is 2.23. The molecule has 0 bridgehead atoms. The smallest absolute Gasteiger partial charge is 0.254 e. The van der Waals surface area contributed by atoms with E-state index < -0.39 is 0 Å². The fourth-order valence-corrected chi connectivity index (χ4v) is 3.47. The lowest BCUT2D eigenvalue weighted by atomic mass is 10.1. The van der Waals surface area contributed by atoms with Crippen LogP contribution in [0.2, 0.25) is 0 Å². The number of fused-ring (bicyclic) bond motifs is 2. The molecule has 162 valence electrons. The van der Waals surface area contributed by atoms with Gasteiger partial charge in [0.2, 0.25) is 0 Å². The number of carbonyl (C=O) groups is 1. The SMILES string of the molecule is NNc1cc2c(nn1)CCN(C(=O)c1ccccc1)C2.NNc1nncc2ccccc12. The Morgan fingerprint density at radius 1 is 0.938 bits per heavy atom. The minimum atomic E-state index is 0.0373. The third-order valence-corrected chi connectivity index (χ3v) is 5.10. The molecule has 3 heterocycles. The zero-order chi connectivity index (χ0) is 22.3. The third kappa shape index (κ3) is 4.61. The second kappa shape index (κ2) is 9.77. The molecule has 0 fully saturated rings. The van der Waals surface area contributed by atoms with E-state index in [4.69, 9.17) is 11.7 Å². The average molecular weight is 429 g/mol. The molecular weight excluding hydrogens is 406 g/mol. The van der Waals surface area contributed by atoms with Crippen LogP contribution in [0.15, 0.2) is 66.9 Å². The molecule has 1 aliphatic heterocycles. The Morgan fingerprint density at radius 2 is 1.72 bits per heavy atom. The maximum absolute atomic E-state index is 12.4. The van der Waals surface area contributed by atoms with Gasteiger partial charge >= 0.3 is 0 Å². The van der Waals surface area contributed by atoms with Crippen LogP contribution in [-0.2, 0) is 13.0 Å². The van der Waals surface area contributed by atoms with Crippen LogP contribution in [0.3, 0.4) is 0 Å². The molecule has 2 aromatic carbocycles. The number of nitrogens with two attached hydrogens (primary N) is 2. The number of benzene rings is 2. The first-order valence-electron chi connectivity index (χ1n) is 10.0. The first-order chi connectivity index (χ1) is 15.7. The summed E-state index contributed by atoms with van der Waals surface area (Å²) in [5.41, 5.74) is 7.60. The predicted molar refractivity (Wildman–Crippen MR) is 122 cm³/mol. The molecule has 0 saturated carbocycles. The molecule has 32 heavy (non-hydrogen) atoms. The maximum atomic E-state index is 12.4. The van der Waals surface area contributed by atoms with Gasteiger partial charge in [-0.2, -0.15) is 10.2 Å². The van der Waals surface area contributed by atoms with E-state index in [1.165, 1.54) is 0 Å². The van der Waals surface area contributed by atoms with Crippen molar-refractivity contribution in [3.8, 4) is 0 Å². The molecule has 10 nitrogen and oxygen atoms in total. The summed E-state index contributed by atoms with van der Waals surface area (Å²) in [6, 6.07) is 18.9. The zero-order valence-corrected chi connectivity index (χ0v) is 17.3. The van der Waals surface area contributed by atoms with Crippen molar-refractivity contribution in [3.05, 3.63) is 83.7 Å². The molecule has 0 aliphatic carbocycles. The lowest BCUT2D eigenvalue weighted by Crippen LogP contribution is -2.36. The summed E-state index contributed by atoms with van der Waals surface area (Å²) in [6.45, 7) is 1.19. The van der Waals surface area contributed by atoms with Gasteiger partial charge in [0.05, 0.1) is 11.9 Å². The molecular formula is C22H23N9O. The van der Waals surface area contributed by atoms with Gasteiger partial charge in [-0.15, -0.1) is 10.2 Å². The second-order valence-corrected chi connectivity index (χ2v) is 7.11. The first-order valence-corrected chi connectivity index (χ1v) is 10.0. The summed E-state index contributed by atoms with van der Waals surface area (Å²) in [5.74, 6) is 11.8. The number of rotatable bonds is 3. The second-order valence-electron chi connectivity index (χ2n) is 7.11.